The molecule has 0 radical (unpaired) electrons. The molecule has 0 amide bonds. The van der Waals surface area contributed by atoms with Gasteiger partial charge in [0.25, 0.3) is 0 Å². The average molecular weight is 407 g/mol. The van der Waals surface area contributed by atoms with Gasteiger partial charge in [-0.2, -0.15) is 10.3 Å². The topological polar surface area (TPSA) is 86.3 Å². The number of nitrogens with one attached hydrogen (secondary N) is 1. The van der Waals surface area contributed by atoms with Crippen molar-refractivity contribution in [3.63, 3.8) is 0 Å². The number of H-pyrrole nitrogens is 1. The number of carbonyl (C=O) groups is 1. The van der Waals surface area contributed by atoms with E-state index in [1.165, 1.54) is 24.3 Å². The summed E-state index contributed by atoms with van der Waals surface area (Å²) in [7, 11) is 0. The molecule has 2 aromatic carbocycles. The Hall–Kier alpha value is -3.56. The summed E-state index contributed by atoms with van der Waals surface area (Å²) >= 11 is 0. The summed E-state index contributed by atoms with van der Waals surface area (Å²) < 4.78 is 51.0. The van der Waals surface area contributed by atoms with Gasteiger partial charge in [-0.25, -0.2) is 4.79 Å². The molecule has 3 rings (SSSR count). The second kappa shape index (κ2) is 8.63. The van der Waals surface area contributed by atoms with Gasteiger partial charge in [-0.05, 0) is 42.3 Å². The Kier molecular flexibility index (Phi) is 6.01. The molecule has 0 spiro atoms. The summed E-state index contributed by atoms with van der Waals surface area (Å²) in [5.41, 5.74) is 1.87. The van der Waals surface area contributed by atoms with Gasteiger partial charge >= 0.3 is 12.3 Å². The van der Waals surface area contributed by atoms with E-state index in [0.29, 0.717) is 17.0 Å². The van der Waals surface area contributed by atoms with E-state index in [1.807, 2.05) is 0 Å². The zero-order chi connectivity index (χ0) is 20.9. The minimum atomic E-state index is -4.72. The Labute approximate surface area is 163 Å². The Balaban J connectivity index is 1.62. The van der Waals surface area contributed by atoms with E-state index >= 15 is 0 Å². The fraction of sp³-hybridized carbons (Fsp3) is 0.211. The number of esters is 1. The molecule has 152 valence electrons. The predicted molar refractivity (Wildman–Crippen MR) is 95.2 cm³/mol. The van der Waals surface area contributed by atoms with E-state index < -0.39 is 12.3 Å². The standard InChI is InChI=1S/C19H16F3N3O4/c1-2-27-18(26)17-16(23-25-24-17)11-28-14-7-3-12(4-8-14)13-5-9-15(10-6-13)29-19(20,21)22/h3-10H,2,11H2,1H3,(H,23,24,25). The number of benzene rings is 2. The molecule has 7 nitrogen and oxygen atoms in total. The molecule has 0 aliphatic carbocycles. The summed E-state index contributed by atoms with van der Waals surface area (Å²) in [6.45, 7) is 1.91. The summed E-state index contributed by atoms with van der Waals surface area (Å²) in [6, 6.07) is 12.4. The third kappa shape index (κ3) is 5.47. The smallest absolute Gasteiger partial charge is 0.487 e. The molecule has 0 unspecified atom stereocenters. The van der Waals surface area contributed by atoms with Crippen molar-refractivity contribution in [2.75, 3.05) is 6.61 Å². The van der Waals surface area contributed by atoms with Crippen LogP contribution in [-0.2, 0) is 11.3 Å². The number of hydrogen-bond donors (Lipinski definition) is 1. The van der Waals surface area contributed by atoms with Crippen molar-refractivity contribution in [3.05, 3.63) is 59.9 Å². The van der Waals surface area contributed by atoms with Crippen molar-refractivity contribution in [1.82, 2.24) is 15.4 Å². The van der Waals surface area contributed by atoms with Crippen molar-refractivity contribution in [2.24, 2.45) is 0 Å². The molecule has 1 N–H and O–H groups in total. The maximum absolute atomic E-state index is 12.2. The highest BCUT2D eigenvalue weighted by Crippen LogP contribution is 2.27. The largest absolute Gasteiger partial charge is 0.573 e. The quantitative estimate of drug-likeness (QED) is 0.593. The number of aromatic amines is 1. The highest BCUT2D eigenvalue weighted by molar-refractivity contribution is 5.88. The Morgan fingerprint density at radius 2 is 1.55 bits per heavy atom. The van der Waals surface area contributed by atoms with Gasteiger partial charge in [-0.15, -0.1) is 18.3 Å². The molecule has 29 heavy (non-hydrogen) atoms. The molecular weight excluding hydrogens is 391 g/mol. The molecule has 0 aliphatic heterocycles. The van der Waals surface area contributed by atoms with Gasteiger partial charge in [0.05, 0.1) is 6.61 Å². The van der Waals surface area contributed by atoms with Crippen LogP contribution in [0.25, 0.3) is 11.1 Å². The van der Waals surface area contributed by atoms with Crippen LogP contribution in [0.5, 0.6) is 11.5 Å². The van der Waals surface area contributed by atoms with Crippen LogP contribution in [0, 0.1) is 0 Å². The number of alkyl halides is 3. The summed E-state index contributed by atoms with van der Waals surface area (Å²) in [4.78, 5) is 11.8. The van der Waals surface area contributed by atoms with Gasteiger partial charge < -0.3 is 14.2 Å². The zero-order valence-electron chi connectivity index (χ0n) is 15.2. The molecule has 0 bridgehead atoms. The number of rotatable bonds is 7. The zero-order valence-corrected chi connectivity index (χ0v) is 15.2. The van der Waals surface area contributed by atoms with Gasteiger partial charge in [0.2, 0.25) is 0 Å². The maximum atomic E-state index is 12.2. The average Bonchev–Trinajstić information content (AvgIpc) is 3.15. The lowest BCUT2D eigenvalue weighted by molar-refractivity contribution is -0.274. The number of halogens is 3. The second-order valence-corrected chi connectivity index (χ2v) is 5.72. The van der Waals surface area contributed by atoms with Gasteiger partial charge in [-0.1, -0.05) is 24.3 Å². The summed E-state index contributed by atoms with van der Waals surface area (Å²) in [5, 5.41) is 10.00. The molecule has 0 aliphatic rings. The van der Waals surface area contributed by atoms with Crippen LogP contribution in [0.4, 0.5) is 13.2 Å². The van der Waals surface area contributed by atoms with Gasteiger partial charge in [0, 0.05) is 0 Å². The minimum absolute atomic E-state index is 0.00741. The molecule has 3 aromatic rings. The van der Waals surface area contributed by atoms with Crippen LogP contribution >= 0.6 is 0 Å². The highest BCUT2D eigenvalue weighted by atomic mass is 19.4. The molecule has 0 saturated heterocycles. The third-order valence-electron chi connectivity index (χ3n) is 3.74. The van der Waals surface area contributed by atoms with Crippen molar-refractivity contribution in [1.29, 1.82) is 0 Å². The molecule has 0 atom stereocenters. The van der Waals surface area contributed by atoms with Gasteiger partial charge in [0.15, 0.2) is 5.69 Å². The first-order valence-corrected chi connectivity index (χ1v) is 8.51. The first-order chi connectivity index (χ1) is 13.9. The van der Waals surface area contributed by atoms with Crippen molar-refractivity contribution >= 4 is 5.97 Å². The van der Waals surface area contributed by atoms with E-state index in [2.05, 4.69) is 20.1 Å². The number of hydrogen-bond acceptors (Lipinski definition) is 6. The lowest BCUT2D eigenvalue weighted by Crippen LogP contribution is -2.16. The summed E-state index contributed by atoms with van der Waals surface area (Å²) in [6.07, 6.45) is -4.72. The van der Waals surface area contributed by atoms with Crippen molar-refractivity contribution < 1.29 is 32.2 Å². The van der Waals surface area contributed by atoms with Crippen LogP contribution in [0.1, 0.15) is 23.1 Å². The molecular formula is C19H16F3N3O4. The van der Waals surface area contributed by atoms with E-state index in [9.17, 15) is 18.0 Å². The number of aromatic nitrogens is 3. The first kappa shape index (κ1) is 20.2. The molecule has 10 heteroatoms. The highest BCUT2D eigenvalue weighted by Gasteiger charge is 2.30. The van der Waals surface area contributed by atoms with Crippen molar-refractivity contribution in [3.8, 4) is 22.6 Å². The maximum Gasteiger partial charge on any atom is 0.573 e. The fourth-order valence-electron chi connectivity index (χ4n) is 2.46. The third-order valence-corrected chi connectivity index (χ3v) is 3.74. The molecule has 1 heterocycles. The van der Waals surface area contributed by atoms with E-state index in [0.717, 1.165) is 5.56 Å². The predicted octanol–water partition coefficient (Wildman–Crippen LogP) is 4.13. The lowest BCUT2D eigenvalue weighted by Gasteiger charge is -2.10. The molecule has 0 saturated carbocycles. The van der Waals surface area contributed by atoms with Crippen LogP contribution < -0.4 is 9.47 Å². The summed E-state index contributed by atoms with van der Waals surface area (Å²) in [5.74, 6) is -0.358. The normalized spacial score (nSPS) is 11.2. The first-order valence-electron chi connectivity index (χ1n) is 8.51. The Bertz CT molecular complexity index is 954. The van der Waals surface area contributed by atoms with Gasteiger partial charge in [-0.3, -0.25) is 0 Å². The lowest BCUT2D eigenvalue weighted by atomic mass is 10.1. The monoisotopic (exact) mass is 407 g/mol. The fourth-order valence-corrected chi connectivity index (χ4v) is 2.46. The van der Waals surface area contributed by atoms with Crippen LogP contribution in [0.15, 0.2) is 48.5 Å². The number of nitrogens with zero attached hydrogens (tertiary/aromatic N) is 2. The number of carbonyl (C=O) groups excluding carboxylic acids is 1. The minimum Gasteiger partial charge on any atom is -0.487 e. The second-order valence-electron chi connectivity index (χ2n) is 5.72. The Morgan fingerprint density at radius 1 is 0.966 bits per heavy atom. The van der Waals surface area contributed by atoms with Crippen LogP contribution in [0.3, 0.4) is 0 Å². The van der Waals surface area contributed by atoms with E-state index in [4.69, 9.17) is 9.47 Å². The van der Waals surface area contributed by atoms with Crippen LogP contribution in [-0.4, -0.2) is 34.3 Å². The van der Waals surface area contributed by atoms with Crippen molar-refractivity contribution in [2.45, 2.75) is 19.9 Å². The van der Waals surface area contributed by atoms with Crippen LogP contribution in [0.2, 0.25) is 0 Å². The molecule has 0 fully saturated rings. The number of ether oxygens (including phenoxy) is 3. The molecule has 1 aromatic heterocycles. The van der Waals surface area contributed by atoms with E-state index in [-0.39, 0.29) is 24.7 Å². The van der Waals surface area contributed by atoms with E-state index in [1.54, 1.807) is 31.2 Å². The SMILES string of the molecule is CCOC(=O)c1n[nH]nc1COc1ccc(-c2ccc(OC(F)(F)F)cc2)cc1. The van der Waals surface area contributed by atoms with Gasteiger partial charge in [0.1, 0.15) is 23.8 Å². The Morgan fingerprint density at radius 3 is 2.10 bits per heavy atom.